The maximum Gasteiger partial charge on any atom is 0.222 e. The number of rotatable bonds is 2. The molecule has 23 heavy (non-hydrogen) atoms. The van der Waals surface area contributed by atoms with Crippen molar-refractivity contribution < 1.29 is 4.74 Å². The van der Waals surface area contributed by atoms with Gasteiger partial charge < -0.3 is 21.1 Å². The van der Waals surface area contributed by atoms with Gasteiger partial charge in [0.2, 0.25) is 5.95 Å². The highest BCUT2D eigenvalue weighted by Crippen LogP contribution is 2.40. The summed E-state index contributed by atoms with van der Waals surface area (Å²) in [6, 6.07) is 0.336. The minimum absolute atomic E-state index is 0.118. The average molecular weight is 317 g/mol. The number of ether oxygens (including phenoxy) is 1. The van der Waals surface area contributed by atoms with Crippen LogP contribution < -0.4 is 16.4 Å². The Labute approximate surface area is 137 Å². The van der Waals surface area contributed by atoms with E-state index in [1.54, 1.807) is 0 Å². The predicted octanol–water partition coefficient (Wildman–Crippen LogP) is 1.65. The maximum absolute atomic E-state index is 6.22. The fourth-order valence-corrected chi connectivity index (χ4v) is 4.36. The Morgan fingerprint density at radius 3 is 2.83 bits per heavy atom. The zero-order valence-electron chi connectivity index (χ0n) is 13.7. The third-order valence-electron chi connectivity index (χ3n) is 5.52. The molecule has 6 nitrogen and oxygen atoms in total. The smallest absolute Gasteiger partial charge is 0.222 e. The molecule has 0 amide bonds. The molecule has 1 atom stereocenters. The van der Waals surface area contributed by atoms with E-state index in [4.69, 9.17) is 10.5 Å². The van der Waals surface area contributed by atoms with E-state index >= 15 is 0 Å². The van der Waals surface area contributed by atoms with E-state index in [0.29, 0.717) is 12.0 Å². The van der Waals surface area contributed by atoms with Crippen LogP contribution in [0.5, 0.6) is 0 Å². The van der Waals surface area contributed by atoms with E-state index in [0.717, 1.165) is 50.5 Å². The van der Waals surface area contributed by atoms with Crippen LogP contribution in [0.25, 0.3) is 0 Å². The second-order valence-electron chi connectivity index (χ2n) is 7.21. The molecule has 1 aromatic rings. The highest BCUT2D eigenvalue weighted by Gasteiger charge is 2.41. The minimum Gasteiger partial charge on any atom is -0.373 e. The first kappa shape index (κ1) is 15.1. The van der Waals surface area contributed by atoms with Gasteiger partial charge in [0.1, 0.15) is 5.82 Å². The van der Waals surface area contributed by atoms with E-state index < -0.39 is 0 Å². The van der Waals surface area contributed by atoms with Crippen molar-refractivity contribution in [2.45, 2.75) is 63.0 Å². The number of nitrogen functional groups attached to an aromatic ring is 1. The highest BCUT2D eigenvalue weighted by atomic mass is 16.5. The van der Waals surface area contributed by atoms with Gasteiger partial charge in [-0.3, -0.25) is 0 Å². The van der Waals surface area contributed by atoms with Crippen LogP contribution >= 0.6 is 0 Å². The Kier molecular flexibility index (Phi) is 4.11. The molecule has 1 saturated heterocycles. The molecule has 0 radical (unpaired) electrons. The molecule has 1 saturated carbocycles. The summed E-state index contributed by atoms with van der Waals surface area (Å²) in [5.41, 5.74) is 8.37. The summed E-state index contributed by atoms with van der Waals surface area (Å²) in [5, 5.41) is 7.05. The van der Waals surface area contributed by atoms with Gasteiger partial charge in [-0.05, 0) is 32.2 Å². The second-order valence-corrected chi connectivity index (χ2v) is 7.21. The van der Waals surface area contributed by atoms with Gasteiger partial charge in [-0.25, -0.2) is 4.98 Å². The normalized spacial score (nSPS) is 26.7. The van der Waals surface area contributed by atoms with Gasteiger partial charge in [0.25, 0.3) is 0 Å². The second kappa shape index (κ2) is 6.24. The first-order valence-corrected chi connectivity index (χ1v) is 9.01. The molecule has 1 aliphatic carbocycles. The quantitative estimate of drug-likeness (QED) is 0.769. The van der Waals surface area contributed by atoms with E-state index in [2.05, 4.69) is 20.6 Å². The molecule has 1 spiro atoms. The number of fused-ring (bicyclic) bond motifs is 1. The summed E-state index contributed by atoms with van der Waals surface area (Å²) in [5.74, 6) is 1.30. The summed E-state index contributed by atoms with van der Waals surface area (Å²) in [6.45, 7) is 2.70. The monoisotopic (exact) mass is 317 g/mol. The summed E-state index contributed by atoms with van der Waals surface area (Å²) in [4.78, 5) is 8.95. The minimum atomic E-state index is 0.118. The number of nitrogens with two attached hydrogens (primary N) is 1. The summed E-state index contributed by atoms with van der Waals surface area (Å²) >= 11 is 0. The van der Waals surface area contributed by atoms with E-state index in [-0.39, 0.29) is 5.60 Å². The highest BCUT2D eigenvalue weighted by molar-refractivity contribution is 5.51. The fraction of sp³-hybridized carbons (Fsp3) is 0.765. The van der Waals surface area contributed by atoms with Crippen molar-refractivity contribution in [2.75, 3.05) is 30.7 Å². The van der Waals surface area contributed by atoms with Crippen molar-refractivity contribution in [1.29, 1.82) is 0 Å². The van der Waals surface area contributed by atoms with Crippen molar-refractivity contribution in [2.24, 2.45) is 0 Å². The van der Waals surface area contributed by atoms with E-state index in [1.807, 2.05) is 0 Å². The molecule has 1 unspecified atom stereocenters. The lowest BCUT2D eigenvalue weighted by Crippen LogP contribution is -2.32. The Morgan fingerprint density at radius 1 is 1.13 bits per heavy atom. The van der Waals surface area contributed by atoms with Crippen molar-refractivity contribution in [1.82, 2.24) is 15.3 Å². The molecule has 126 valence electrons. The van der Waals surface area contributed by atoms with Crippen LogP contribution in [0.15, 0.2) is 0 Å². The van der Waals surface area contributed by atoms with Crippen molar-refractivity contribution >= 4 is 11.8 Å². The van der Waals surface area contributed by atoms with Crippen LogP contribution in [0.3, 0.4) is 0 Å². The number of aromatic nitrogens is 2. The first-order valence-electron chi connectivity index (χ1n) is 9.01. The summed E-state index contributed by atoms with van der Waals surface area (Å²) < 4.78 is 6.22. The average Bonchev–Trinajstić information content (AvgIpc) is 2.77. The van der Waals surface area contributed by atoms with Gasteiger partial charge in [-0.15, -0.1) is 0 Å². The van der Waals surface area contributed by atoms with Crippen LogP contribution in [-0.2, 0) is 17.6 Å². The van der Waals surface area contributed by atoms with E-state index in [9.17, 15) is 0 Å². The topological polar surface area (TPSA) is 85.1 Å². The Bertz CT molecular complexity index is 570. The Morgan fingerprint density at radius 2 is 1.96 bits per heavy atom. The van der Waals surface area contributed by atoms with Crippen molar-refractivity contribution in [3.05, 3.63) is 11.3 Å². The zero-order valence-corrected chi connectivity index (χ0v) is 13.7. The van der Waals surface area contributed by atoms with Gasteiger partial charge in [0.05, 0.1) is 23.9 Å². The third kappa shape index (κ3) is 3.15. The molecule has 3 heterocycles. The molecule has 2 fully saturated rings. The molecule has 2 aliphatic heterocycles. The standard InChI is InChI=1S/C17H27N5O/c18-16-21-14-5-9-19-8-4-13(14)15(22-16)20-12-10-17(23-11-12)6-2-1-3-7-17/h12,19H,1-11H2,(H3,18,20,21,22). The molecule has 4 rings (SSSR count). The molecule has 1 aromatic heterocycles. The van der Waals surface area contributed by atoms with Gasteiger partial charge >= 0.3 is 0 Å². The maximum atomic E-state index is 6.22. The predicted molar refractivity (Wildman–Crippen MR) is 90.5 cm³/mol. The van der Waals surface area contributed by atoms with Gasteiger partial charge in [0.15, 0.2) is 0 Å². The molecular weight excluding hydrogens is 290 g/mol. The molecule has 4 N–H and O–H groups in total. The number of hydrogen-bond acceptors (Lipinski definition) is 6. The van der Waals surface area contributed by atoms with Crippen LogP contribution in [0.4, 0.5) is 11.8 Å². The first-order chi connectivity index (χ1) is 11.2. The number of nitrogens with one attached hydrogen (secondary N) is 2. The molecule has 6 heteroatoms. The third-order valence-corrected chi connectivity index (χ3v) is 5.52. The van der Waals surface area contributed by atoms with Crippen LogP contribution in [0.1, 0.15) is 49.8 Å². The summed E-state index contributed by atoms with van der Waals surface area (Å²) in [7, 11) is 0. The van der Waals surface area contributed by atoms with Crippen LogP contribution in [0.2, 0.25) is 0 Å². The largest absolute Gasteiger partial charge is 0.373 e. The lowest BCUT2D eigenvalue weighted by Gasteiger charge is -2.32. The van der Waals surface area contributed by atoms with Crippen molar-refractivity contribution in [3.63, 3.8) is 0 Å². The summed E-state index contributed by atoms with van der Waals surface area (Å²) in [6.07, 6.45) is 9.33. The lowest BCUT2D eigenvalue weighted by atomic mass is 9.82. The molecule has 0 bridgehead atoms. The van der Waals surface area contributed by atoms with Gasteiger partial charge in [0, 0.05) is 18.5 Å². The number of hydrogen-bond donors (Lipinski definition) is 3. The Balaban J connectivity index is 1.52. The van der Waals surface area contributed by atoms with Crippen molar-refractivity contribution in [3.8, 4) is 0 Å². The lowest BCUT2D eigenvalue weighted by molar-refractivity contribution is -0.0244. The van der Waals surface area contributed by atoms with Gasteiger partial charge in [-0.1, -0.05) is 19.3 Å². The molecule has 0 aromatic carbocycles. The number of anilines is 2. The number of nitrogens with zero attached hydrogens (tertiary/aromatic N) is 2. The van der Waals surface area contributed by atoms with Gasteiger partial charge in [-0.2, -0.15) is 4.98 Å². The Hall–Kier alpha value is -1.40. The molecule has 3 aliphatic rings. The SMILES string of the molecule is Nc1nc2c(c(NC3COC4(CCCCC4)C3)n1)CCNCC2. The fourth-order valence-electron chi connectivity index (χ4n) is 4.36. The van der Waals surface area contributed by atoms with E-state index in [1.165, 1.54) is 37.7 Å². The zero-order chi connectivity index (χ0) is 15.7. The van der Waals surface area contributed by atoms with Crippen LogP contribution in [0, 0.1) is 0 Å². The van der Waals surface area contributed by atoms with Crippen LogP contribution in [-0.4, -0.2) is 41.3 Å². The molecular formula is C17H27N5O.